The van der Waals surface area contributed by atoms with Gasteiger partial charge in [0.1, 0.15) is 10.1 Å². The molecule has 41 heavy (non-hydrogen) atoms. The van der Waals surface area contributed by atoms with Gasteiger partial charge in [-0.15, -0.1) is 0 Å². The zero-order chi connectivity index (χ0) is 29.3. The summed E-state index contributed by atoms with van der Waals surface area (Å²) < 4.78 is 36.9. The molecule has 234 valence electrons. The summed E-state index contributed by atoms with van der Waals surface area (Å²) in [7, 11) is -4.47. The van der Waals surface area contributed by atoms with E-state index in [9.17, 15) is 13.0 Å². The van der Waals surface area contributed by atoms with Crippen LogP contribution in [-0.4, -0.2) is 13.0 Å². The minimum absolute atomic E-state index is 0. The van der Waals surface area contributed by atoms with E-state index in [2.05, 4.69) is 20.8 Å². The summed E-state index contributed by atoms with van der Waals surface area (Å²) in [4.78, 5) is 0.0599. The van der Waals surface area contributed by atoms with Gasteiger partial charge in [0.2, 0.25) is 0 Å². The third-order valence-corrected chi connectivity index (χ3v) is 9.54. The van der Waals surface area contributed by atoms with Crippen LogP contribution < -0.4 is 29.6 Å². The van der Waals surface area contributed by atoms with E-state index in [0.29, 0.717) is 0 Å². The Labute approximate surface area is 278 Å². The summed E-state index contributed by atoms with van der Waals surface area (Å²) in [6, 6.07) is 3.61. The van der Waals surface area contributed by atoms with E-state index in [1.54, 1.807) is 6.07 Å². The van der Waals surface area contributed by atoms with Gasteiger partial charge in [0.05, 0.1) is 4.90 Å². The molecule has 0 radical (unpaired) electrons. The van der Waals surface area contributed by atoms with E-state index in [4.69, 9.17) is 0 Å². The van der Waals surface area contributed by atoms with Gasteiger partial charge in [-0.2, -0.15) is 0 Å². The predicted octanol–water partition coefficient (Wildman–Crippen LogP) is 8.64. The van der Waals surface area contributed by atoms with Crippen molar-refractivity contribution in [3.8, 4) is 0 Å². The Morgan fingerprint density at radius 3 is 1.15 bits per heavy atom. The Morgan fingerprint density at radius 2 is 0.780 bits per heavy atom. The Bertz CT molecular complexity index is 837. The summed E-state index contributed by atoms with van der Waals surface area (Å²) >= 11 is 0. The van der Waals surface area contributed by atoms with Gasteiger partial charge in [0, 0.05) is 0 Å². The standard InChI is InChI=1S/C36H66O3S.Na/c1-4-7-10-13-16-19-22-25-28-33-31-32-36(40(37,38)39)35(30-27-24-21-18-15-12-9-6-3)34(33)29-26-23-20-17-14-11-8-5-2;/h31-32H,4-30H2,1-3H3,(H,37,38,39);/q;+1/p-1. The van der Waals surface area contributed by atoms with E-state index in [-0.39, 0.29) is 34.5 Å². The molecule has 0 amide bonds. The topological polar surface area (TPSA) is 57.2 Å². The summed E-state index contributed by atoms with van der Waals surface area (Å²) in [6.07, 6.45) is 32.8. The molecule has 1 aromatic rings. The number of benzene rings is 1. The summed E-state index contributed by atoms with van der Waals surface area (Å²) in [5.74, 6) is 0. The molecule has 0 aliphatic heterocycles. The average Bonchev–Trinajstić information content (AvgIpc) is 2.93. The number of hydrogen-bond donors (Lipinski definition) is 0. The molecule has 3 nitrogen and oxygen atoms in total. The fourth-order valence-corrected chi connectivity index (χ4v) is 6.86. The van der Waals surface area contributed by atoms with E-state index >= 15 is 0 Å². The Balaban J connectivity index is 0.0000160. The van der Waals surface area contributed by atoms with Crippen molar-refractivity contribution in [1.82, 2.24) is 0 Å². The molecule has 1 rings (SSSR count). The second kappa shape index (κ2) is 27.7. The van der Waals surface area contributed by atoms with Gasteiger partial charge in [-0.1, -0.05) is 162 Å². The van der Waals surface area contributed by atoms with E-state index in [0.717, 1.165) is 50.5 Å². The van der Waals surface area contributed by atoms with Crippen LogP contribution in [0.25, 0.3) is 0 Å². The van der Waals surface area contributed by atoms with Gasteiger partial charge < -0.3 is 4.55 Å². The van der Waals surface area contributed by atoms with Gasteiger partial charge in [0.25, 0.3) is 0 Å². The van der Waals surface area contributed by atoms with Crippen LogP contribution in [0.15, 0.2) is 17.0 Å². The molecule has 0 spiro atoms. The monoisotopic (exact) mass is 600 g/mol. The molecule has 0 heterocycles. The third-order valence-electron chi connectivity index (χ3n) is 8.61. The first-order valence-corrected chi connectivity index (χ1v) is 19.0. The molecule has 0 saturated carbocycles. The number of aryl methyl sites for hydroxylation is 1. The first-order chi connectivity index (χ1) is 19.5. The fourth-order valence-electron chi connectivity index (χ4n) is 6.09. The molecular formula is C36H65NaO3S. The minimum Gasteiger partial charge on any atom is -0.744 e. The molecular weight excluding hydrogens is 535 g/mol. The second-order valence-electron chi connectivity index (χ2n) is 12.3. The molecule has 1 aromatic carbocycles. The molecule has 0 aromatic heterocycles. The fraction of sp³-hybridized carbons (Fsp3) is 0.833. The van der Waals surface area contributed by atoms with Crippen molar-refractivity contribution in [2.24, 2.45) is 0 Å². The number of rotatable bonds is 28. The van der Waals surface area contributed by atoms with Crippen LogP contribution in [0.5, 0.6) is 0 Å². The van der Waals surface area contributed by atoms with Crippen molar-refractivity contribution >= 4 is 10.1 Å². The van der Waals surface area contributed by atoms with Gasteiger partial charge in [0.15, 0.2) is 0 Å². The maximum Gasteiger partial charge on any atom is 1.00 e. The van der Waals surface area contributed by atoms with Crippen LogP contribution in [-0.2, 0) is 29.4 Å². The largest absolute Gasteiger partial charge is 1.00 e. The van der Waals surface area contributed by atoms with Crippen molar-refractivity contribution in [1.29, 1.82) is 0 Å². The van der Waals surface area contributed by atoms with Crippen molar-refractivity contribution in [2.75, 3.05) is 0 Å². The van der Waals surface area contributed by atoms with Crippen molar-refractivity contribution in [2.45, 2.75) is 199 Å². The van der Waals surface area contributed by atoms with Gasteiger partial charge in [-0.05, 0) is 61.3 Å². The molecule has 0 aliphatic carbocycles. The predicted molar refractivity (Wildman–Crippen MR) is 173 cm³/mol. The van der Waals surface area contributed by atoms with Crippen LogP contribution in [0.2, 0.25) is 0 Å². The molecule has 0 unspecified atom stereocenters. The summed E-state index contributed by atoms with van der Waals surface area (Å²) in [5, 5.41) is 0. The molecule has 0 atom stereocenters. The van der Waals surface area contributed by atoms with Crippen LogP contribution in [0.1, 0.15) is 192 Å². The molecule has 0 bridgehead atoms. The zero-order valence-corrected chi connectivity index (χ0v) is 30.7. The van der Waals surface area contributed by atoms with Crippen molar-refractivity contribution in [3.05, 3.63) is 28.8 Å². The number of hydrogen-bond acceptors (Lipinski definition) is 3. The Hall–Kier alpha value is 0.130. The first kappa shape index (κ1) is 41.1. The van der Waals surface area contributed by atoms with E-state index in [1.807, 2.05) is 6.07 Å². The molecule has 0 fully saturated rings. The van der Waals surface area contributed by atoms with E-state index in [1.165, 1.54) is 140 Å². The second-order valence-corrected chi connectivity index (χ2v) is 13.7. The maximum absolute atomic E-state index is 12.3. The quantitative estimate of drug-likeness (QED) is 0.0549. The molecule has 5 heteroatoms. The maximum atomic E-state index is 12.3. The van der Waals surface area contributed by atoms with Gasteiger partial charge >= 0.3 is 29.6 Å². The van der Waals surface area contributed by atoms with Crippen LogP contribution in [0.3, 0.4) is 0 Å². The van der Waals surface area contributed by atoms with Crippen LogP contribution in [0.4, 0.5) is 0 Å². The van der Waals surface area contributed by atoms with Crippen LogP contribution >= 0.6 is 0 Å². The summed E-state index contributed by atoms with van der Waals surface area (Å²) in [5.41, 5.74) is 3.37. The smallest absolute Gasteiger partial charge is 0.744 e. The first-order valence-electron chi connectivity index (χ1n) is 17.5. The Kier molecular flexibility index (Phi) is 27.8. The SMILES string of the molecule is CCCCCCCCCCc1ccc(S(=O)(=O)[O-])c(CCCCCCCCCC)c1CCCCCCCCCC.[Na+]. The van der Waals surface area contributed by atoms with Crippen LogP contribution in [0, 0.1) is 0 Å². The van der Waals surface area contributed by atoms with E-state index < -0.39 is 10.1 Å². The Morgan fingerprint density at radius 1 is 0.463 bits per heavy atom. The van der Waals surface area contributed by atoms with Crippen molar-refractivity contribution in [3.63, 3.8) is 0 Å². The normalized spacial score (nSPS) is 11.6. The average molecular weight is 601 g/mol. The molecule has 0 aliphatic rings. The zero-order valence-electron chi connectivity index (χ0n) is 27.9. The van der Waals surface area contributed by atoms with Gasteiger partial charge in [-0.25, -0.2) is 8.42 Å². The minimum atomic E-state index is -4.47. The number of unbranched alkanes of at least 4 members (excludes halogenated alkanes) is 21. The van der Waals surface area contributed by atoms with Gasteiger partial charge in [-0.3, -0.25) is 0 Å². The third kappa shape index (κ3) is 20.7. The summed E-state index contributed by atoms with van der Waals surface area (Å²) in [6.45, 7) is 6.76. The molecule has 0 saturated heterocycles. The molecule has 0 N–H and O–H groups in total. The van der Waals surface area contributed by atoms with Crippen molar-refractivity contribution < 1.29 is 42.5 Å².